The second-order valence-electron chi connectivity index (χ2n) is 13.1. The van der Waals surface area contributed by atoms with Gasteiger partial charge in [0.1, 0.15) is 11.2 Å². The van der Waals surface area contributed by atoms with Crippen molar-refractivity contribution in [3.63, 3.8) is 0 Å². The summed E-state index contributed by atoms with van der Waals surface area (Å²) in [4.78, 5) is 15.5. The van der Waals surface area contributed by atoms with Crippen LogP contribution in [-0.4, -0.2) is 15.0 Å². The zero-order chi connectivity index (χ0) is 33.7. The van der Waals surface area contributed by atoms with Gasteiger partial charge in [0, 0.05) is 39.3 Å². The number of rotatable bonds is 5. The third kappa shape index (κ3) is 5.12. The highest BCUT2D eigenvalue weighted by Crippen LogP contribution is 2.41. The van der Waals surface area contributed by atoms with Crippen LogP contribution < -0.4 is 0 Å². The molecule has 0 radical (unpaired) electrons. The monoisotopic (exact) mass is 653 g/mol. The fraction of sp³-hybridized carbons (Fsp3) is 0.0426. The molecule has 10 rings (SSSR count). The lowest BCUT2D eigenvalue weighted by Crippen LogP contribution is -2.12. The number of allylic oxidation sites excluding steroid dienone is 8. The number of benzene rings is 6. The van der Waals surface area contributed by atoms with Crippen LogP contribution in [0.25, 0.3) is 83.3 Å². The normalized spacial score (nSPS) is 16.5. The van der Waals surface area contributed by atoms with Crippen molar-refractivity contribution in [1.29, 1.82) is 0 Å². The molecule has 4 nitrogen and oxygen atoms in total. The van der Waals surface area contributed by atoms with Crippen molar-refractivity contribution >= 4 is 38.3 Å². The molecule has 0 saturated heterocycles. The Balaban J connectivity index is 1.15. The summed E-state index contributed by atoms with van der Waals surface area (Å²) in [5.74, 6) is 2.58. The Morgan fingerprint density at radius 3 is 1.88 bits per heavy atom. The van der Waals surface area contributed by atoms with E-state index in [9.17, 15) is 0 Å². The quantitative estimate of drug-likeness (QED) is 0.185. The van der Waals surface area contributed by atoms with Crippen molar-refractivity contribution in [2.45, 2.75) is 0 Å². The number of furan rings is 1. The van der Waals surface area contributed by atoms with Crippen molar-refractivity contribution in [2.24, 2.45) is 11.8 Å². The van der Waals surface area contributed by atoms with Crippen LogP contribution in [0.2, 0.25) is 0 Å². The smallest absolute Gasteiger partial charge is 0.164 e. The van der Waals surface area contributed by atoms with Gasteiger partial charge in [0.25, 0.3) is 0 Å². The molecule has 240 valence electrons. The zero-order valence-corrected chi connectivity index (χ0v) is 27.6. The summed E-state index contributed by atoms with van der Waals surface area (Å²) >= 11 is 0. The van der Waals surface area contributed by atoms with Crippen LogP contribution in [0.15, 0.2) is 180 Å². The van der Waals surface area contributed by atoms with E-state index in [4.69, 9.17) is 19.4 Å². The molecule has 0 aliphatic heterocycles. The van der Waals surface area contributed by atoms with Gasteiger partial charge in [0.2, 0.25) is 0 Å². The minimum Gasteiger partial charge on any atom is -0.456 e. The zero-order valence-electron chi connectivity index (χ0n) is 27.6. The first-order chi connectivity index (χ1) is 25.3. The molecular weight excluding hydrogens is 623 g/mol. The van der Waals surface area contributed by atoms with Crippen LogP contribution in [0, 0.1) is 11.8 Å². The first-order valence-corrected chi connectivity index (χ1v) is 17.4. The summed E-state index contributed by atoms with van der Waals surface area (Å²) in [7, 11) is 0. The number of fused-ring (bicyclic) bond motifs is 5. The van der Waals surface area contributed by atoms with E-state index >= 15 is 0 Å². The van der Waals surface area contributed by atoms with Crippen LogP contribution in [0.1, 0.15) is 5.82 Å². The Hall–Kier alpha value is -6.65. The molecule has 0 bridgehead atoms. The Morgan fingerprint density at radius 1 is 0.412 bits per heavy atom. The Morgan fingerprint density at radius 2 is 1.04 bits per heavy atom. The lowest BCUT2D eigenvalue weighted by Gasteiger charge is -2.23. The van der Waals surface area contributed by atoms with Gasteiger partial charge in [0.05, 0.1) is 0 Å². The second kappa shape index (κ2) is 12.0. The molecule has 0 spiro atoms. The second-order valence-corrected chi connectivity index (χ2v) is 13.1. The molecule has 0 fully saturated rings. The Labute approximate surface area is 295 Å². The fourth-order valence-corrected chi connectivity index (χ4v) is 7.55. The average molecular weight is 654 g/mol. The van der Waals surface area contributed by atoms with Gasteiger partial charge in [-0.05, 0) is 51.2 Å². The van der Waals surface area contributed by atoms with E-state index in [1.54, 1.807) is 0 Å². The lowest BCUT2D eigenvalue weighted by molar-refractivity contribution is 0.662. The van der Waals surface area contributed by atoms with Gasteiger partial charge in [-0.2, -0.15) is 0 Å². The van der Waals surface area contributed by atoms with E-state index in [0.29, 0.717) is 23.4 Å². The van der Waals surface area contributed by atoms with Gasteiger partial charge in [0.15, 0.2) is 17.5 Å². The van der Waals surface area contributed by atoms with Gasteiger partial charge in [-0.25, -0.2) is 15.0 Å². The third-order valence-corrected chi connectivity index (χ3v) is 10.1. The molecule has 0 N–H and O–H groups in total. The van der Waals surface area contributed by atoms with Gasteiger partial charge in [-0.3, -0.25) is 0 Å². The summed E-state index contributed by atoms with van der Waals surface area (Å²) < 4.78 is 6.27. The Kier molecular flexibility index (Phi) is 6.91. The van der Waals surface area contributed by atoms with Crippen LogP contribution in [0.5, 0.6) is 0 Å². The largest absolute Gasteiger partial charge is 0.456 e. The summed E-state index contributed by atoms with van der Waals surface area (Å²) in [6, 6.07) is 46.4. The van der Waals surface area contributed by atoms with Crippen molar-refractivity contribution in [3.8, 4) is 45.0 Å². The van der Waals surface area contributed by atoms with Crippen LogP contribution in [0.3, 0.4) is 0 Å². The maximum Gasteiger partial charge on any atom is 0.164 e. The van der Waals surface area contributed by atoms with E-state index in [1.165, 1.54) is 5.56 Å². The van der Waals surface area contributed by atoms with Gasteiger partial charge in [-0.15, -0.1) is 0 Å². The molecule has 0 saturated carbocycles. The van der Waals surface area contributed by atoms with E-state index < -0.39 is 0 Å². The number of hydrogen-bond donors (Lipinski definition) is 0. The van der Waals surface area contributed by atoms with E-state index in [0.717, 1.165) is 66.1 Å². The van der Waals surface area contributed by atoms with Crippen molar-refractivity contribution in [1.82, 2.24) is 15.0 Å². The predicted molar refractivity (Wildman–Crippen MR) is 209 cm³/mol. The summed E-state index contributed by atoms with van der Waals surface area (Å²) in [5.41, 5.74) is 9.27. The Bertz CT molecular complexity index is 2750. The summed E-state index contributed by atoms with van der Waals surface area (Å²) in [5, 5.41) is 4.44. The van der Waals surface area contributed by atoms with E-state index in [-0.39, 0.29) is 5.92 Å². The molecule has 2 atom stereocenters. The molecule has 0 amide bonds. The van der Waals surface area contributed by atoms with Crippen molar-refractivity contribution < 1.29 is 4.42 Å². The molecule has 2 heterocycles. The number of para-hydroxylation sites is 1. The first-order valence-electron chi connectivity index (χ1n) is 17.4. The molecule has 51 heavy (non-hydrogen) atoms. The molecule has 6 aromatic carbocycles. The van der Waals surface area contributed by atoms with E-state index in [1.807, 2.05) is 24.3 Å². The van der Waals surface area contributed by atoms with Gasteiger partial charge >= 0.3 is 0 Å². The van der Waals surface area contributed by atoms with Crippen molar-refractivity contribution in [2.75, 3.05) is 0 Å². The highest BCUT2D eigenvalue weighted by atomic mass is 16.3. The SMILES string of the molecule is C1=CC2C=CC(c3nc(-c4ccc(-c5ccccc5)cc4)nc(-c4ccc(-c5cccc6oc7ccccc7c56)c5ccccc45)n3)=CC2C=C1. The summed E-state index contributed by atoms with van der Waals surface area (Å²) in [6.45, 7) is 0. The standard InChI is InChI=1S/C47H31N3O/c1-2-11-30(12-3-1)32-21-24-33(25-22-32)45-48-46(35-26-23-31-13-4-5-14-34(31)29-35)50-47(49-45)40-28-27-38(36-15-6-7-16-37(36)40)39-18-10-20-43-44(39)41-17-8-9-19-42(41)51-43/h1-29,31,34H. The molecule has 2 aliphatic carbocycles. The summed E-state index contributed by atoms with van der Waals surface area (Å²) in [6.07, 6.45) is 15.4. The number of aromatic nitrogens is 3. The van der Waals surface area contributed by atoms with Crippen molar-refractivity contribution in [3.05, 3.63) is 182 Å². The maximum absolute atomic E-state index is 6.27. The van der Waals surface area contributed by atoms with Crippen LogP contribution in [-0.2, 0) is 0 Å². The first kappa shape index (κ1) is 29.3. The number of nitrogens with zero attached hydrogens (tertiary/aromatic N) is 3. The lowest BCUT2D eigenvalue weighted by atomic mass is 9.83. The number of hydrogen-bond acceptors (Lipinski definition) is 4. The van der Waals surface area contributed by atoms with Gasteiger partial charge in [-0.1, -0.05) is 158 Å². The topological polar surface area (TPSA) is 51.8 Å². The highest BCUT2D eigenvalue weighted by Gasteiger charge is 2.22. The molecule has 8 aromatic rings. The van der Waals surface area contributed by atoms with Crippen LogP contribution in [0.4, 0.5) is 0 Å². The molecular formula is C47H31N3O. The van der Waals surface area contributed by atoms with Gasteiger partial charge < -0.3 is 4.42 Å². The minimum absolute atomic E-state index is 0.269. The molecule has 2 unspecified atom stereocenters. The third-order valence-electron chi connectivity index (χ3n) is 10.1. The minimum atomic E-state index is 0.269. The van der Waals surface area contributed by atoms with E-state index in [2.05, 4.69) is 152 Å². The highest BCUT2D eigenvalue weighted by molar-refractivity contribution is 6.16. The molecule has 2 aromatic heterocycles. The average Bonchev–Trinajstić information content (AvgIpc) is 3.60. The predicted octanol–water partition coefficient (Wildman–Crippen LogP) is 11.9. The van der Waals surface area contributed by atoms with Crippen LogP contribution >= 0.6 is 0 Å². The molecule has 2 aliphatic rings. The maximum atomic E-state index is 6.27. The molecule has 4 heteroatoms. The fourth-order valence-electron chi connectivity index (χ4n) is 7.55.